The molecule has 8 nitrogen and oxygen atoms in total. The van der Waals surface area contributed by atoms with Gasteiger partial charge in [0.25, 0.3) is 0 Å². The summed E-state index contributed by atoms with van der Waals surface area (Å²) in [5.74, 6) is 2.41. The van der Waals surface area contributed by atoms with E-state index in [9.17, 15) is 0 Å². The van der Waals surface area contributed by atoms with Crippen molar-refractivity contribution in [1.82, 2.24) is 29.7 Å². The largest absolute Gasteiger partial charge is 0.381 e. The van der Waals surface area contributed by atoms with Crippen molar-refractivity contribution in [3.8, 4) is 0 Å². The molecule has 0 atom stereocenters. The lowest BCUT2D eigenvalue weighted by Gasteiger charge is -2.22. The first-order chi connectivity index (χ1) is 12.2. The lowest BCUT2D eigenvalue weighted by atomic mass is 10.0. The monoisotopic (exact) mass is 341 g/mol. The Kier molecular flexibility index (Phi) is 4.35. The molecular weight excluding hydrogens is 318 g/mol. The third-order valence-corrected chi connectivity index (χ3v) is 4.60. The van der Waals surface area contributed by atoms with Gasteiger partial charge in [-0.25, -0.2) is 15.0 Å². The zero-order valence-electron chi connectivity index (χ0n) is 14.6. The van der Waals surface area contributed by atoms with Gasteiger partial charge in [-0.3, -0.25) is 5.10 Å². The van der Waals surface area contributed by atoms with Gasteiger partial charge in [-0.05, 0) is 24.7 Å². The molecule has 25 heavy (non-hydrogen) atoms. The number of aromatic amines is 1. The van der Waals surface area contributed by atoms with Crippen molar-refractivity contribution in [3.63, 3.8) is 0 Å². The number of nitrogens with zero attached hydrogens (tertiary/aromatic N) is 5. The first-order valence-corrected chi connectivity index (χ1v) is 8.77. The van der Waals surface area contributed by atoms with Crippen LogP contribution in [0.2, 0.25) is 0 Å². The lowest BCUT2D eigenvalue weighted by Crippen LogP contribution is -2.20. The molecule has 0 amide bonds. The summed E-state index contributed by atoms with van der Waals surface area (Å²) >= 11 is 0. The minimum atomic E-state index is 0.400. The van der Waals surface area contributed by atoms with Gasteiger partial charge < -0.3 is 14.6 Å². The van der Waals surface area contributed by atoms with Crippen molar-refractivity contribution < 1.29 is 4.74 Å². The molecule has 1 aliphatic rings. The second-order valence-electron chi connectivity index (χ2n) is 6.84. The summed E-state index contributed by atoms with van der Waals surface area (Å²) in [5, 5.41) is 10.5. The average Bonchev–Trinajstić information content (AvgIpc) is 3.24. The number of anilines is 2. The van der Waals surface area contributed by atoms with Crippen molar-refractivity contribution >= 4 is 22.9 Å². The fourth-order valence-corrected chi connectivity index (χ4v) is 3.06. The fourth-order valence-electron chi connectivity index (χ4n) is 3.06. The molecule has 3 aromatic heterocycles. The van der Waals surface area contributed by atoms with Gasteiger partial charge in [0.2, 0.25) is 0 Å². The van der Waals surface area contributed by atoms with Crippen LogP contribution in [-0.2, 0) is 11.3 Å². The van der Waals surface area contributed by atoms with E-state index in [1.54, 1.807) is 6.20 Å². The van der Waals surface area contributed by atoms with E-state index in [4.69, 9.17) is 9.72 Å². The third kappa shape index (κ3) is 3.48. The average molecular weight is 341 g/mol. The van der Waals surface area contributed by atoms with Crippen LogP contribution in [0.15, 0.2) is 18.6 Å². The molecule has 1 fully saturated rings. The molecular formula is C17H23N7O. The topological polar surface area (TPSA) is 93.5 Å². The molecule has 0 radical (unpaired) electrons. The van der Waals surface area contributed by atoms with Gasteiger partial charge in [-0.1, -0.05) is 13.8 Å². The van der Waals surface area contributed by atoms with Crippen molar-refractivity contribution in [2.75, 3.05) is 18.5 Å². The molecule has 1 saturated heterocycles. The zero-order chi connectivity index (χ0) is 17.2. The molecule has 8 heteroatoms. The number of ether oxygens (including phenoxy) is 1. The second kappa shape index (κ2) is 6.79. The van der Waals surface area contributed by atoms with Gasteiger partial charge in [0.1, 0.15) is 0 Å². The Hall–Kier alpha value is -2.48. The van der Waals surface area contributed by atoms with E-state index in [0.29, 0.717) is 23.3 Å². The highest BCUT2D eigenvalue weighted by Crippen LogP contribution is 2.21. The Bertz CT molecular complexity index is 848. The first kappa shape index (κ1) is 16.0. The van der Waals surface area contributed by atoms with Crippen molar-refractivity contribution in [2.45, 2.75) is 39.2 Å². The van der Waals surface area contributed by atoms with E-state index in [1.807, 2.05) is 12.4 Å². The van der Waals surface area contributed by atoms with Crippen LogP contribution in [0.1, 0.15) is 38.3 Å². The molecule has 1 aliphatic heterocycles. The number of imidazole rings is 1. The number of nitrogens with one attached hydrogen (secondary N) is 2. The summed E-state index contributed by atoms with van der Waals surface area (Å²) in [6, 6.07) is 2.00. The molecule has 3 aromatic rings. The van der Waals surface area contributed by atoms with Gasteiger partial charge in [0.15, 0.2) is 22.9 Å². The Labute approximate surface area is 146 Å². The highest BCUT2D eigenvalue weighted by molar-refractivity contribution is 5.68. The van der Waals surface area contributed by atoms with Crippen LogP contribution in [-0.4, -0.2) is 42.9 Å². The Morgan fingerprint density at radius 1 is 1.28 bits per heavy atom. The van der Waals surface area contributed by atoms with E-state index in [2.05, 4.69) is 43.9 Å². The van der Waals surface area contributed by atoms with Crippen LogP contribution in [0, 0.1) is 5.92 Å². The minimum Gasteiger partial charge on any atom is -0.381 e. The maximum atomic E-state index is 5.44. The number of H-pyrrole nitrogens is 1. The van der Waals surface area contributed by atoms with Crippen molar-refractivity contribution in [1.29, 1.82) is 0 Å². The van der Waals surface area contributed by atoms with Crippen LogP contribution in [0.4, 0.5) is 11.6 Å². The van der Waals surface area contributed by atoms with E-state index >= 15 is 0 Å². The van der Waals surface area contributed by atoms with E-state index < -0.39 is 0 Å². The maximum absolute atomic E-state index is 5.44. The van der Waals surface area contributed by atoms with Gasteiger partial charge in [-0.15, -0.1) is 0 Å². The summed E-state index contributed by atoms with van der Waals surface area (Å²) in [6.45, 7) is 6.83. The number of aromatic nitrogens is 6. The van der Waals surface area contributed by atoms with Crippen LogP contribution in [0.5, 0.6) is 0 Å². The maximum Gasteiger partial charge on any atom is 0.197 e. The second-order valence-corrected chi connectivity index (χ2v) is 6.84. The van der Waals surface area contributed by atoms with Crippen LogP contribution < -0.4 is 5.32 Å². The van der Waals surface area contributed by atoms with E-state index in [-0.39, 0.29) is 0 Å². The normalized spacial score (nSPS) is 16.0. The molecule has 132 valence electrons. The lowest BCUT2D eigenvalue weighted by molar-refractivity contribution is 0.0615. The summed E-state index contributed by atoms with van der Waals surface area (Å²) in [6.07, 6.45) is 5.68. The standard InChI is InChI=1S/C17H23N7O/c1-11(2)13-7-14(23-22-13)20-15-8-18-16-17(21-15)24(10-19-16)9-12-3-5-25-6-4-12/h7-8,10-12H,3-6,9H2,1-2H3,(H2,20,21,22,23). The molecule has 4 rings (SSSR count). The molecule has 0 spiro atoms. The SMILES string of the molecule is CC(C)c1cc(Nc2cnc3ncn(CC4CCOCC4)c3n2)n[nH]1. The van der Waals surface area contributed by atoms with Gasteiger partial charge in [0.05, 0.1) is 12.5 Å². The summed E-state index contributed by atoms with van der Waals surface area (Å²) in [4.78, 5) is 13.5. The first-order valence-electron chi connectivity index (χ1n) is 8.77. The fraction of sp³-hybridized carbons (Fsp3) is 0.529. The van der Waals surface area contributed by atoms with E-state index in [0.717, 1.165) is 49.8 Å². The minimum absolute atomic E-state index is 0.400. The smallest absolute Gasteiger partial charge is 0.197 e. The molecule has 4 heterocycles. The number of rotatable bonds is 5. The molecule has 0 aromatic carbocycles. The summed E-state index contributed by atoms with van der Waals surface area (Å²) < 4.78 is 7.53. The quantitative estimate of drug-likeness (QED) is 0.741. The van der Waals surface area contributed by atoms with E-state index in [1.165, 1.54) is 0 Å². The predicted octanol–water partition coefficient (Wildman–Crippen LogP) is 2.84. The van der Waals surface area contributed by atoms with Crippen molar-refractivity contribution in [3.05, 3.63) is 24.3 Å². The molecule has 0 aliphatic carbocycles. The molecule has 0 saturated carbocycles. The zero-order valence-corrected chi connectivity index (χ0v) is 14.6. The highest BCUT2D eigenvalue weighted by atomic mass is 16.5. The predicted molar refractivity (Wildman–Crippen MR) is 94.8 cm³/mol. The van der Waals surface area contributed by atoms with Gasteiger partial charge >= 0.3 is 0 Å². The Morgan fingerprint density at radius 2 is 2.12 bits per heavy atom. The molecule has 2 N–H and O–H groups in total. The van der Waals surface area contributed by atoms with Gasteiger partial charge in [-0.2, -0.15) is 5.10 Å². The van der Waals surface area contributed by atoms with Crippen LogP contribution in [0.25, 0.3) is 11.3 Å². The van der Waals surface area contributed by atoms with Crippen LogP contribution >= 0.6 is 0 Å². The molecule has 0 bridgehead atoms. The summed E-state index contributed by atoms with van der Waals surface area (Å²) in [7, 11) is 0. The highest BCUT2D eigenvalue weighted by Gasteiger charge is 2.17. The number of hydrogen-bond acceptors (Lipinski definition) is 6. The third-order valence-electron chi connectivity index (χ3n) is 4.60. The number of fused-ring (bicyclic) bond motifs is 1. The molecule has 0 unspecified atom stereocenters. The number of hydrogen-bond donors (Lipinski definition) is 2. The summed E-state index contributed by atoms with van der Waals surface area (Å²) in [5.41, 5.74) is 2.56. The Morgan fingerprint density at radius 3 is 2.88 bits per heavy atom. The Balaban J connectivity index is 1.54. The van der Waals surface area contributed by atoms with Gasteiger partial charge in [0, 0.05) is 31.5 Å². The van der Waals surface area contributed by atoms with Crippen molar-refractivity contribution in [2.24, 2.45) is 5.92 Å². The van der Waals surface area contributed by atoms with Crippen LogP contribution in [0.3, 0.4) is 0 Å².